The molecule has 0 N–H and O–H groups in total. The van der Waals surface area contributed by atoms with Gasteiger partial charge in [0.25, 0.3) is 17.1 Å². The number of benzene rings is 4. The van der Waals surface area contributed by atoms with Gasteiger partial charge in [0.2, 0.25) is 0 Å². The molecular weight excluding hydrogens is 510 g/mol. The Morgan fingerprint density at radius 3 is 1.75 bits per heavy atom. The first-order valence-electron chi connectivity index (χ1n) is 12.3. The maximum atomic E-state index is 12.8. The Morgan fingerprint density at radius 1 is 0.625 bits per heavy atom. The largest absolute Gasteiger partial charge is 0.285 e. The van der Waals surface area contributed by atoms with Crippen molar-refractivity contribution in [3.05, 3.63) is 118 Å². The second-order valence-electron chi connectivity index (χ2n) is 9.64. The number of hydrogen-bond donors (Lipinski definition) is 0. The minimum Gasteiger partial charge on any atom is -0.258 e. The van der Waals surface area contributed by atoms with Crippen LogP contribution in [0.25, 0.3) is 33.4 Å². The molecule has 0 amide bonds. The van der Waals surface area contributed by atoms with Crippen LogP contribution in [0.2, 0.25) is 0 Å². The standard InChI is InChI=1S/C31H25N3O6/c1-7-23-18(3)14-22(15-19(23)4)27-16-26(25-12-8-10-17(2)30(25)33(37)38)21(6)29(31(27)34(39)40)24-11-9-13-28(20(24)5)32(35)36/h1,8-16H,2-6H3. The summed E-state index contributed by atoms with van der Waals surface area (Å²) in [6.45, 7) is 8.42. The number of hydrogen-bond acceptors (Lipinski definition) is 6. The molecule has 9 heteroatoms. The van der Waals surface area contributed by atoms with E-state index in [9.17, 15) is 30.3 Å². The van der Waals surface area contributed by atoms with E-state index in [1.807, 2.05) is 13.8 Å². The molecule has 200 valence electrons. The van der Waals surface area contributed by atoms with Gasteiger partial charge in [0.1, 0.15) is 0 Å². The van der Waals surface area contributed by atoms with Gasteiger partial charge in [-0.05, 0) is 92.3 Å². The topological polar surface area (TPSA) is 129 Å². The molecule has 4 aromatic rings. The van der Waals surface area contributed by atoms with E-state index in [1.165, 1.54) is 19.1 Å². The number of nitro benzene ring substituents is 3. The summed E-state index contributed by atoms with van der Waals surface area (Å²) in [5, 5.41) is 36.7. The predicted octanol–water partition coefficient (Wildman–Crippen LogP) is 7.94. The fraction of sp³-hybridized carbons (Fsp3) is 0.161. The molecule has 0 atom stereocenters. The van der Waals surface area contributed by atoms with Crippen molar-refractivity contribution in [2.45, 2.75) is 34.6 Å². The molecule has 0 aliphatic heterocycles. The number of nitro groups is 3. The van der Waals surface area contributed by atoms with E-state index in [-0.39, 0.29) is 39.3 Å². The summed E-state index contributed by atoms with van der Waals surface area (Å²) in [6.07, 6.45) is 5.68. The molecule has 0 fully saturated rings. The average Bonchev–Trinajstić information content (AvgIpc) is 2.88. The zero-order valence-corrected chi connectivity index (χ0v) is 22.6. The Bertz CT molecular complexity index is 1780. The SMILES string of the molecule is C#Cc1c(C)cc(-c2cc(-c3cccc(C)c3[N+](=O)[O-])c(C)c(-c3cccc([N+](=O)[O-])c3C)c2[N+](=O)[O-])cc1C. The summed E-state index contributed by atoms with van der Waals surface area (Å²) >= 11 is 0. The van der Waals surface area contributed by atoms with Crippen LogP contribution in [0.4, 0.5) is 17.1 Å². The van der Waals surface area contributed by atoms with Crippen LogP contribution in [0, 0.1) is 77.3 Å². The summed E-state index contributed by atoms with van der Waals surface area (Å²) in [5.41, 5.74) is 4.52. The van der Waals surface area contributed by atoms with Gasteiger partial charge in [-0.2, -0.15) is 0 Å². The number of aryl methyl sites for hydroxylation is 3. The van der Waals surface area contributed by atoms with Crippen molar-refractivity contribution >= 4 is 17.1 Å². The van der Waals surface area contributed by atoms with Gasteiger partial charge in [-0.3, -0.25) is 30.3 Å². The third-order valence-corrected chi connectivity index (χ3v) is 7.21. The summed E-state index contributed by atoms with van der Waals surface area (Å²) in [5.74, 6) is 2.64. The van der Waals surface area contributed by atoms with Gasteiger partial charge in [-0.1, -0.05) is 30.2 Å². The summed E-state index contributed by atoms with van der Waals surface area (Å²) in [4.78, 5) is 35.2. The Labute approximate surface area is 230 Å². The Balaban J connectivity index is 2.27. The van der Waals surface area contributed by atoms with Crippen LogP contribution in [0.5, 0.6) is 0 Å². The van der Waals surface area contributed by atoms with Crippen LogP contribution < -0.4 is 0 Å². The predicted molar refractivity (Wildman–Crippen MR) is 154 cm³/mol. The van der Waals surface area contributed by atoms with E-state index >= 15 is 0 Å². The Morgan fingerprint density at radius 2 is 1.20 bits per heavy atom. The molecule has 40 heavy (non-hydrogen) atoms. The maximum absolute atomic E-state index is 12.8. The van der Waals surface area contributed by atoms with Gasteiger partial charge < -0.3 is 0 Å². The highest BCUT2D eigenvalue weighted by Crippen LogP contribution is 2.49. The zero-order valence-electron chi connectivity index (χ0n) is 22.6. The van der Waals surface area contributed by atoms with Crippen LogP contribution in [-0.2, 0) is 0 Å². The lowest BCUT2D eigenvalue weighted by Crippen LogP contribution is -2.04. The monoisotopic (exact) mass is 535 g/mol. The van der Waals surface area contributed by atoms with Gasteiger partial charge in [0, 0.05) is 22.8 Å². The normalized spacial score (nSPS) is 10.7. The molecule has 0 aliphatic rings. The van der Waals surface area contributed by atoms with E-state index < -0.39 is 14.8 Å². The number of nitrogens with zero attached hydrogens (tertiary/aromatic N) is 3. The fourth-order valence-corrected chi connectivity index (χ4v) is 5.34. The van der Waals surface area contributed by atoms with Gasteiger partial charge in [0.05, 0.1) is 31.5 Å². The lowest BCUT2D eigenvalue weighted by atomic mass is 9.83. The molecule has 0 unspecified atom stereocenters. The van der Waals surface area contributed by atoms with Crippen molar-refractivity contribution in [2.75, 3.05) is 0 Å². The molecule has 0 radical (unpaired) electrons. The molecule has 4 rings (SSSR count). The first-order valence-corrected chi connectivity index (χ1v) is 12.3. The Hall–Kier alpha value is -5.36. The smallest absolute Gasteiger partial charge is 0.258 e. The van der Waals surface area contributed by atoms with Crippen molar-refractivity contribution in [2.24, 2.45) is 0 Å². The highest BCUT2D eigenvalue weighted by Gasteiger charge is 2.31. The molecule has 0 aliphatic carbocycles. The highest BCUT2D eigenvalue weighted by molar-refractivity contribution is 5.96. The molecule has 4 aromatic carbocycles. The molecule has 0 heterocycles. The summed E-state index contributed by atoms with van der Waals surface area (Å²) in [7, 11) is 0. The highest BCUT2D eigenvalue weighted by atomic mass is 16.6. The van der Waals surface area contributed by atoms with Gasteiger partial charge in [0.15, 0.2) is 0 Å². The summed E-state index contributed by atoms with van der Waals surface area (Å²) < 4.78 is 0. The van der Waals surface area contributed by atoms with Crippen molar-refractivity contribution in [3.8, 4) is 45.7 Å². The van der Waals surface area contributed by atoms with E-state index in [0.717, 1.165) is 11.1 Å². The third-order valence-electron chi connectivity index (χ3n) is 7.21. The van der Waals surface area contributed by atoms with Crippen LogP contribution in [0.15, 0.2) is 54.6 Å². The fourth-order valence-electron chi connectivity index (χ4n) is 5.34. The van der Waals surface area contributed by atoms with E-state index in [0.29, 0.717) is 33.4 Å². The van der Waals surface area contributed by atoms with E-state index in [4.69, 9.17) is 6.42 Å². The maximum Gasteiger partial charge on any atom is 0.285 e. The first-order chi connectivity index (χ1) is 18.9. The van der Waals surface area contributed by atoms with Crippen LogP contribution in [0.1, 0.15) is 33.4 Å². The second kappa shape index (κ2) is 10.4. The lowest BCUT2D eigenvalue weighted by molar-refractivity contribution is -0.385. The molecule has 0 saturated carbocycles. The van der Waals surface area contributed by atoms with Crippen molar-refractivity contribution < 1.29 is 14.8 Å². The van der Waals surface area contributed by atoms with Crippen molar-refractivity contribution in [1.29, 1.82) is 0 Å². The van der Waals surface area contributed by atoms with Gasteiger partial charge in [-0.15, -0.1) is 6.42 Å². The molecular formula is C31H25N3O6. The first kappa shape index (κ1) is 27.7. The zero-order chi connectivity index (χ0) is 29.5. The molecule has 0 spiro atoms. The minimum atomic E-state index is -0.540. The van der Waals surface area contributed by atoms with Crippen LogP contribution in [-0.4, -0.2) is 14.8 Å². The van der Waals surface area contributed by atoms with Crippen LogP contribution >= 0.6 is 0 Å². The summed E-state index contributed by atoms with van der Waals surface area (Å²) in [6, 6.07) is 14.4. The molecule has 0 aromatic heterocycles. The molecule has 0 bridgehead atoms. The molecule has 0 saturated heterocycles. The lowest BCUT2D eigenvalue weighted by Gasteiger charge is -2.19. The van der Waals surface area contributed by atoms with Crippen molar-refractivity contribution in [1.82, 2.24) is 0 Å². The number of para-hydroxylation sites is 1. The number of rotatable bonds is 6. The number of terminal acetylenes is 1. The van der Waals surface area contributed by atoms with Gasteiger partial charge in [-0.25, -0.2) is 0 Å². The minimum absolute atomic E-state index is 0.123. The van der Waals surface area contributed by atoms with E-state index in [2.05, 4.69) is 5.92 Å². The molecule has 9 nitrogen and oxygen atoms in total. The Kier molecular flexibility index (Phi) is 7.21. The van der Waals surface area contributed by atoms with Crippen molar-refractivity contribution in [3.63, 3.8) is 0 Å². The third kappa shape index (κ3) is 4.56. The van der Waals surface area contributed by atoms with Gasteiger partial charge >= 0.3 is 0 Å². The second-order valence-corrected chi connectivity index (χ2v) is 9.64. The van der Waals surface area contributed by atoms with Crippen LogP contribution in [0.3, 0.4) is 0 Å². The quantitative estimate of drug-likeness (QED) is 0.140. The average molecular weight is 536 g/mol. The van der Waals surface area contributed by atoms with E-state index in [1.54, 1.807) is 56.3 Å².